The minimum Gasteiger partial charge on any atom is -0.295 e. The first-order valence-corrected chi connectivity index (χ1v) is 5.56. The zero-order valence-electron chi connectivity index (χ0n) is 8.80. The number of aromatic nitrogens is 2. The fourth-order valence-corrected chi connectivity index (χ4v) is 1.95. The highest BCUT2D eigenvalue weighted by molar-refractivity contribution is 6.29. The number of nitrogens with one attached hydrogen (secondary N) is 1. The van der Waals surface area contributed by atoms with E-state index in [0.29, 0.717) is 5.92 Å². The van der Waals surface area contributed by atoms with E-state index in [0.717, 1.165) is 17.4 Å². The third kappa shape index (κ3) is 2.04. The van der Waals surface area contributed by atoms with Crippen molar-refractivity contribution in [2.45, 2.75) is 26.3 Å². The van der Waals surface area contributed by atoms with Gasteiger partial charge in [-0.05, 0) is 24.7 Å². The molecule has 1 saturated carbocycles. The van der Waals surface area contributed by atoms with Crippen LogP contribution in [-0.2, 0) is 6.54 Å². The van der Waals surface area contributed by atoms with E-state index in [9.17, 15) is 14.0 Å². The Kier molecular flexibility index (Phi) is 2.88. The molecule has 1 atom stereocenters. The van der Waals surface area contributed by atoms with Gasteiger partial charge in [-0.1, -0.05) is 18.5 Å². The van der Waals surface area contributed by atoms with Crippen molar-refractivity contribution in [3.63, 3.8) is 0 Å². The van der Waals surface area contributed by atoms with Crippen LogP contribution in [0.25, 0.3) is 0 Å². The highest BCUT2D eigenvalue weighted by Gasteiger charge is 2.29. The number of aromatic amines is 1. The molecule has 1 aromatic heterocycles. The Balaban J connectivity index is 2.36. The van der Waals surface area contributed by atoms with Crippen molar-refractivity contribution >= 4 is 11.6 Å². The zero-order chi connectivity index (χ0) is 11.9. The van der Waals surface area contributed by atoms with Gasteiger partial charge in [-0.3, -0.25) is 14.3 Å². The Labute approximate surface area is 96.1 Å². The summed E-state index contributed by atoms with van der Waals surface area (Å²) in [6.45, 7) is 2.20. The van der Waals surface area contributed by atoms with Crippen molar-refractivity contribution < 1.29 is 4.39 Å². The first-order chi connectivity index (χ1) is 7.50. The summed E-state index contributed by atoms with van der Waals surface area (Å²) in [5, 5.41) is -0.523. The molecular formula is C10H12ClFN2O2. The summed E-state index contributed by atoms with van der Waals surface area (Å²) < 4.78 is 14.1. The summed E-state index contributed by atoms with van der Waals surface area (Å²) in [6.07, 6.45) is 2.23. The van der Waals surface area contributed by atoms with Crippen LogP contribution < -0.4 is 11.2 Å². The average Bonchev–Trinajstić information content (AvgIpc) is 3.04. The second-order valence-corrected chi connectivity index (χ2v) is 4.67. The van der Waals surface area contributed by atoms with Gasteiger partial charge in [0, 0.05) is 6.54 Å². The van der Waals surface area contributed by atoms with Crippen molar-refractivity contribution in [3.8, 4) is 0 Å². The van der Waals surface area contributed by atoms with Crippen molar-refractivity contribution in [1.29, 1.82) is 0 Å². The highest BCUT2D eigenvalue weighted by Crippen LogP contribution is 2.36. The fraction of sp³-hybridized carbons (Fsp3) is 0.600. The SMILES string of the molecule is CC(Cn1c(=O)[nH]c(Cl)c(F)c1=O)C1CC1. The van der Waals surface area contributed by atoms with Gasteiger partial charge in [-0.25, -0.2) is 4.79 Å². The predicted octanol–water partition coefficient (Wildman–Crippen LogP) is 1.38. The smallest absolute Gasteiger partial charge is 0.295 e. The molecule has 1 heterocycles. The molecule has 1 aliphatic carbocycles. The maximum atomic E-state index is 13.2. The van der Waals surface area contributed by atoms with Crippen LogP contribution in [0.2, 0.25) is 5.15 Å². The molecule has 6 heteroatoms. The van der Waals surface area contributed by atoms with Crippen LogP contribution in [0, 0.1) is 17.7 Å². The van der Waals surface area contributed by atoms with Gasteiger partial charge in [0.2, 0.25) is 5.82 Å². The van der Waals surface area contributed by atoms with E-state index in [1.165, 1.54) is 0 Å². The molecule has 1 N–H and O–H groups in total. The van der Waals surface area contributed by atoms with Gasteiger partial charge in [0.15, 0.2) is 5.15 Å². The van der Waals surface area contributed by atoms with E-state index < -0.39 is 22.2 Å². The zero-order valence-corrected chi connectivity index (χ0v) is 9.55. The maximum absolute atomic E-state index is 13.2. The largest absolute Gasteiger partial charge is 0.329 e. The van der Waals surface area contributed by atoms with Crippen LogP contribution >= 0.6 is 11.6 Å². The van der Waals surface area contributed by atoms with E-state index in [2.05, 4.69) is 4.98 Å². The predicted molar refractivity (Wildman–Crippen MR) is 58.2 cm³/mol. The lowest BCUT2D eigenvalue weighted by Crippen LogP contribution is -2.38. The topological polar surface area (TPSA) is 54.9 Å². The number of hydrogen-bond donors (Lipinski definition) is 1. The molecule has 4 nitrogen and oxygen atoms in total. The van der Waals surface area contributed by atoms with Crippen LogP contribution in [-0.4, -0.2) is 9.55 Å². The standard InChI is InChI=1S/C10H12ClFN2O2/c1-5(6-2-3-6)4-14-9(15)7(12)8(11)13-10(14)16/h5-6H,2-4H2,1H3,(H,13,16). The number of rotatable bonds is 3. The Bertz CT molecular complexity index is 519. The molecule has 1 unspecified atom stereocenters. The van der Waals surface area contributed by atoms with Gasteiger partial charge in [0.1, 0.15) is 0 Å². The Morgan fingerprint density at radius 3 is 2.75 bits per heavy atom. The summed E-state index contributed by atoms with van der Waals surface area (Å²) in [5.41, 5.74) is -1.59. The Morgan fingerprint density at radius 1 is 1.56 bits per heavy atom. The molecule has 0 saturated heterocycles. The van der Waals surface area contributed by atoms with E-state index in [1.807, 2.05) is 6.92 Å². The summed E-state index contributed by atoms with van der Waals surface area (Å²) in [5.74, 6) is -0.339. The molecule has 1 aromatic rings. The number of hydrogen-bond acceptors (Lipinski definition) is 2. The lowest BCUT2D eigenvalue weighted by Gasteiger charge is -2.11. The molecule has 2 rings (SSSR count). The molecule has 0 bridgehead atoms. The molecule has 0 aromatic carbocycles. The maximum Gasteiger partial charge on any atom is 0.329 e. The van der Waals surface area contributed by atoms with Crippen molar-refractivity contribution in [2.24, 2.45) is 11.8 Å². The third-order valence-corrected chi connectivity index (χ3v) is 3.25. The Morgan fingerprint density at radius 2 is 2.19 bits per heavy atom. The molecule has 16 heavy (non-hydrogen) atoms. The van der Waals surface area contributed by atoms with Crippen molar-refractivity contribution in [3.05, 3.63) is 31.8 Å². The van der Waals surface area contributed by atoms with Gasteiger partial charge in [0.05, 0.1) is 0 Å². The summed E-state index contributed by atoms with van der Waals surface area (Å²) >= 11 is 5.36. The van der Waals surface area contributed by atoms with Crippen LogP contribution in [0.1, 0.15) is 19.8 Å². The van der Waals surface area contributed by atoms with Gasteiger partial charge >= 0.3 is 5.69 Å². The summed E-state index contributed by atoms with van der Waals surface area (Å²) in [4.78, 5) is 25.0. The van der Waals surface area contributed by atoms with E-state index in [4.69, 9.17) is 11.6 Å². The second-order valence-electron chi connectivity index (χ2n) is 4.29. The molecule has 1 aliphatic rings. The highest BCUT2D eigenvalue weighted by atomic mass is 35.5. The van der Waals surface area contributed by atoms with Gasteiger partial charge in [0.25, 0.3) is 5.56 Å². The van der Waals surface area contributed by atoms with Gasteiger partial charge in [-0.2, -0.15) is 4.39 Å². The molecule has 0 amide bonds. The molecule has 1 fully saturated rings. The molecule has 0 radical (unpaired) electrons. The third-order valence-electron chi connectivity index (χ3n) is 2.98. The first kappa shape index (κ1) is 11.4. The van der Waals surface area contributed by atoms with Crippen LogP contribution in [0.4, 0.5) is 4.39 Å². The number of nitrogens with zero attached hydrogens (tertiary/aromatic N) is 1. The lowest BCUT2D eigenvalue weighted by atomic mass is 10.1. The number of halogens is 2. The molecule has 0 aliphatic heterocycles. The molecule has 88 valence electrons. The first-order valence-electron chi connectivity index (χ1n) is 5.19. The fourth-order valence-electron chi connectivity index (χ4n) is 1.79. The summed E-state index contributed by atoms with van der Waals surface area (Å²) in [6, 6.07) is 0. The van der Waals surface area contributed by atoms with E-state index >= 15 is 0 Å². The van der Waals surface area contributed by atoms with Gasteiger partial charge < -0.3 is 0 Å². The van der Waals surface area contributed by atoms with Crippen LogP contribution in [0.15, 0.2) is 9.59 Å². The Hall–Kier alpha value is -1.10. The van der Waals surface area contributed by atoms with Gasteiger partial charge in [-0.15, -0.1) is 0 Å². The monoisotopic (exact) mass is 246 g/mol. The average molecular weight is 247 g/mol. The second kappa shape index (κ2) is 4.05. The van der Waals surface area contributed by atoms with E-state index in [-0.39, 0.29) is 12.5 Å². The molecular weight excluding hydrogens is 235 g/mol. The van der Waals surface area contributed by atoms with Crippen LogP contribution in [0.5, 0.6) is 0 Å². The summed E-state index contributed by atoms with van der Waals surface area (Å²) in [7, 11) is 0. The normalized spacial score (nSPS) is 17.4. The quantitative estimate of drug-likeness (QED) is 0.819. The minimum atomic E-state index is -1.09. The van der Waals surface area contributed by atoms with Crippen molar-refractivity contribution in [2.75, 3.05) is 0 Å². The van der Waals surface area contributed by atoms with Crippen molar-refractivity contribution in [1.82, 2.24) is 9.55 Å². The molecule has 0 spiro atoms. The lowest BCUT2D eigenvalue weighted by molar-refractivity contribution is 0.402. The van der Waals surface area contributed by atoms with E-state index in [1.54, 1.807) is 0 Å². The van der Waals surface area contributed by atoms with Crippen LogP contribution in [0.3, 0.4) is 0 Å². The minimum absolute atomic E-state index is 0.208. The number of H-pyrrole nitrogens is 1.